The molecule has 12 heavy (non-hydrogen) atoms. The summed E-state index contributed by atoms with van der Waals surface area (Å²) in [5.41, 5.74) is 0. The number of hydrogen-bond acceptors (Lipinski definition) is 4. The molecule has 1 fully saturated rings. The second-order valence-electron chi connectivity index (χ2n) is 2.87. The van der Waals surface area contributed by atoms with Gasteiger partial charge in [0.1, 0.15) is 12.2 Å². The summed E-state index contributed by atoms with van der Waals surface area (Å²) in [6.07, 6.45) is 2.61. The van der Waals surface area contributed by atoms with E-state index in [0.717, 1.165) is 32.0 Å². The van der Waals surface area contributed by atoms with E-state index in [1.165, 1.54) is 6.33 Å². The average molecular weight is 168 g/mol. The fourth-order valence-electron chi connectivity index (χ4n) is 1.25. The van der Waals surface area contributed by atoms with Crippen molar-refractivity contribution in [3.63, 3.8) is 0 Å². The van der Waals surface area contributed by atoms with Gasteiger partial charge in [0.25, 0.3) is 0 Å². The lowest BCUT2D eigenvalue weighted by atomic mass is 10.2. The third-order valence-electron chi connectivity index (χ3n) is 1.95. The summed E-state index contributed by atoms with van der Waals surface area (Å²) < 4.78 is 5.22. The molecule has 0 radical (unpaired) electrons. The van der Waals surface area contributed by atoms with Crippen molar-refractivity contribution in [1.29, 1.82) is 0 Å². The lowest BCUT2D eigenvalue weighted by Gasteiger charge is -2.07. The van der Waals surface area contributed by atoms with Crippen molar-refractivity contribution in [2.75, 3.05) is 13.2 Å². The number of hydrogen-bond donors (Lipinski definition) is 2. The summed E-state index contributed by atoms with van der Waals surface area (Å²) in [5.74, 6) is 0.877. The van der Waals surface area contributed by atoms with Crippen molar-refractivity contribution in [2.45, 2.75) is 19.0 Å². The molecule has 0 aromatic carbocycles. The Morgan fingerprint density at radius 3 is 3.42 bits per heavy atom. The van der Waals surface area contributed by atoms with Crippen LogP contribution in [0.1, 0.15) is 12.2 Å². The number of aromatic amines is 1. The normalized spacial score (nSPS) is 23.2. The molecule has 1 aromatic heterocycles. The molecule has 2 rings (SSSR count). The van der Waals surface area contributed by atoms with Crippen LogP contribution in [0.3, 0.4) is 0 Å². The zero-order chi connectivity index (χ0) is 8.23. The molecule has 0 spiro atoms. The fraction of sp³-hybridized carbons (Fsp3) is 0.714. The van der Waals surface area contributed by atoms with E-state index in [0.29, 0.717) is 6.04 Å². The predicted molar refractivity (Wildman–Crippen MR) is 42.4 cm³/mol. The molecule has 0 bridgehead atoms. The molecule has 66 valence electrons. The Hall–Kier alpha value is -0.940. The zero-order valence-corrected chi connectivity index (χ0v) is 6.79. The first-order chi connectivity index (χ1) is 5.95. The average Bonchev–Trinajstić information content (AvgIpc) is 2.74. The molecule has 2 heterocycles. The van der Waals surface area contributed by atoms with E-state index >= 15 is 0 Å². The number of rotatable bonds is 3. The van der Waals surface area contributed by atoms with Crippen molar-refractivity contribution in [1.82, 2.24) is 20.5 Å². The molecule has 0 aliphatic carbocycles. The van der Waals surface area contributed by atoms with Crippen LogP contribution in [0.5, 0.6) is 0 Å². The number of nitrogens with zero attached hydrogens (tertiary/aromatic N) is 2. The van der Waals surface area contributed by atoms with Crippen LogP contribution in [0.2, 0.25) is 0 Å². The smallest absolute Gasteiger partial charge is 0.138 e. The van der Waals surface area contributed by atoms with Crippen LogP contribution in [-0.2, 0) is 11.3 Å². The van der Waals surface area contributed by atoms with Crippen molar-refractivity contribution in [2.24, 2.45) is 0 Å². The number of aromatic nitrogens is 3. The van der Waals surface area contributed by atoms with Gasteiger partial charge in [0.05, 0.1) is 13.2 Å². The molecule has 2 N–H and O–H groups in total. The maximum atomic E-state index is 5.22. The van der Waals surface area contributed by atoms with Gasteiger partial charge in [-0.05, 0) is 6.42 Å². The molecule has 5 nitrogen and oxygen atoms in total. The number of nitrogens with one attached hydrogen (secondary N) is 2. The van der Waals surface area contributed by atoms with E-state index in [1.807, 2.05) is 0 Å². The van der Waals surface area contributed by atoms with Crippen molar-refractivity contribution in [3.8, 4) is 0 Å². The number of H-pyrrole nitrogens is 1. The second kappa shape index (κ2) is 3.64. The second-order valence-corrected chi connectivity index (χ2v) is 2.87. The van der Waals surface area contributed by atoms with Crippen LogP contribution >= 0.6 is 0 Å². The van der Waals surface area contributed by atoms with Crippen molar-refractivity contribution < 1.29 is 4.74 Å². The summed E-state index contributed by atoms with van der Waals surface area (Å²) in [6.45, 7) is 2.43. The molecular weight excluding hydrogens is 156 g/mol. The van der Waals surface area contributed by atoms with Gasteiger partial charge in [0, 0.05) is 12.6 Å². The molecule has 1 saturated heterocycles. The highest BCUT2D eigenvalue weighted by Gasteiger charge is 2.14. The summed E-state index contributed by atoms with van der Waals surface area (Å²) in [5, 5.41) is 9.88. The summed E-state index contributed by atoms with van der Waals surface area (Å²) in [4.78, 5) is 4.01. The first-order valence-corrected chi connectivity index (χ1v) is 4.10. The van der Waals surface area contributed by atoms with Gasteiger partial charge in [-0.1, -0.05) is 0 Å². The third kappa shape index (κ3) is 1.80. The van der Waals surface area contributed by atoms with Gasteiger partial charge < -0.3 is 10.1 Å². The largest absolute Gasteiger partial charge is 0.380 e. The fourth-order valence-corrected chi connectivity index (χ4v) is 1.25. The van der Waals surface area contributed by atoms with Gasteiger partial charge in [-0.2, -0.15) is 5.10 Å². The molecular formula is C7H12N4O. The van der Waals surface area contributed by atoms with Crippen LogP contribution in [0.25, 0.3) is 0 Å². The molecule has 1 aliphatic heterocycles. The van der Waals surface area contributed by atoms with Crippen molar-refractivity contribution >= 4 is 0 Å². The highest BCUT2D eigenvalue weighted by atomic mass is 16.5. The molecule has 0 saturated carbocycles. The summed E-state index contributed by atoms with van der Waals surface area (Å²) >= 11 is 0. The third-order valence-corrected chi connectivity index (χ3v) is 1.95. The maximum Gasteiger partial charge on any atom is 0.138 e. The van der Waals surface area contributed by atoms with Crippen LogP contribution in [0.4, 0.5) is 0 Å². The first kappa shape index (κ1) is 7.70. The van der Waals surface area contributed by atoms with E-state index in [2.05, 4.69) is 20.5 Å². The van der Waals surface area contributed by atoms with Gasteiger partial charge in [0.15, 0.2) is 0 Å². The Balaban J connectivity index is 1.74. The van der Waals surface area contributed by atoms with E-state index < -0.39 is 0 Å². The molecule has 1 atom stereocenters. The Bertz CT molecular complexity index is 217. The Morgan fingerprint density at radius 1 is 1.75 bits per heavy atom. The molecule has 1 aromatic rings. The highest BCUT2D eigenvalue weighted by molar-refractivity contribution is 4.81. The highest BCUT2D eigenvalue weighted by Crippen LogP contribution is 2.03. The SMILES string of the molecule is c1n[nH]c(CNC2CCOC2)n1. The van der Waals surface area contributed by atoms with E-state index in [9.17, 15) is 0 Å². The van der Waals surface area contributed by atoms with Crippen molar-refractivity contribution in [3.05, 3.63) is 12.2 Å². The first-order valence-electron chi connectivity index (χ1n) is 4.10. The molecule has 1 aliphatic rings. The van der Waals surface area contributed by atoms with Crippen LogP contribution in [0.15, 0.2) is 6.33 Å². The minimum atomic E-state index is 0.482. The number of ether oxygens (including phenoxy) is 1. The molecule has 1 unspecified atom stereocenters. The summed E-state index contributed by atoms with van der Waals surface area (Å²) in [6, 6.07) is 0.482. The lowest BCUT2D eigenvalue weighted by Crippen LogP contribution is -2.28. The maximum absolute atomic E-state index is 5.22. The Labute approximate surface area is 70.5 Å². The van der Waals surface area contributed by atoms with Gasteiger partial charge in [0.2, 0.25) is 0 Å². The summed E-state index contributed by atoms with van der Waals surface area (Å²) in [7, 11) is 0. The predicted octanol–water partition coefficient (Wildman–Crippen LogP) is -0.317. The minimum absolute atomic E-state index is 0.482. The van der Waals surface area contributed by atoms with E-state index in [4.69, 9.17) is 4.74 Å². The standard InChI is InChI=1S/C7H12N4O/c1-2-12-4-6(1)8-3-7-9-5-10-11-7/h5-6,8H,1-4H2,(H,9,10,11). The topological polar surface area (TPSA) is 62.8 Å². The Kier molecular flexibility index (Phi) is 2.33. The van der Waals surface area contributed by atoms with Crippen LogP contribution < -0.4 is 5.32 Å². The Morgan fingerprint density at radius 2 is 2.75 bits per heavy atom. The molecule has 0 amide bonds. The van der Waals surface area contributed by atoms with Gasteiger partial charge in [-0.15, -0.1) is 0 Å². The van der Waals surface area contributed by atoms with E-state index in [-0.39, 0.29) is 0 Å². The van der Waals surface area contributed by atoms with Gasteiger partial charge >= 0.3 is 0 Å². The van der Waals surface area contributed by atoms with Crippen LogP contribution in [-0.4, -0.2) is 34.4 Å². The quantitative estimate of drug-likeness (QED) is 0.649. The van der Waals surface area contributed by atoms with Crippen LogP contribution in [0, 0.1) is 0 Å². The van der Waals surface area contributed by atoms with Gasteiger partial charge in [-0.3, -0.25) is 5.10 Å². The molecule has 5 heteroatoms. The van der Waals surface area contributed by atoms with Gasteiger partial charge in [-0.25, -0.2) is 4.98 Å². The monoisotopic (exact) mass is 168 g/mol. The zero-order valence-electron chi connectivity index (χ0n) is 6.79. The minimum Gasteiger partial charge on any atom is -0.380 e. The lowest BCUT2D eigenvalue weighted by molar-refractivity contribution is 0.189. The van der Waals surface area contributed by atoms with E-state index in [1.54, 1.807) is 0 Å².